The quantitative estimate of drug-likeness (QED) is 0.432. The van der Waals surface area contributed by atoms with Gasteiger partial charge in [0.1, 0.15) is 0 Å². The van der Waals surface area contributed by atoms with Crippen molar-refractivity contribution in [2.45, 2.75) is 71.1 Å². The Morgan fingerprint density at radius 1 is 0.857 bits per heavy atom. The molecule has 0 bridgehead atoms. The Labute approximate surface area is 91.8 Å². The summed E-state index contributed by atoms with van der Waals surface area (Å²) in [6.45, 7) is 16.7. The predicted molar refractivity (Wildman–Crippen MR) is 70.7 cm³/mol. The van der Waals surface area contributed by atoms with E-state index in [1.54, 1.807) is 0 Å². The molecule has 84 valence electrons. The lowest BCUT2D eigenvalue weighted by atomic mass is 10.5. The van der Waals surface area contributed by atoms with Gasteiger partial charge in [-0.1, -0.05) is 70.3 Å². The van der Waals surface area contributed by atoms with Gasteiger partial charge in [0.05, 0.1) is 8.07 Å². The monoisotopic (exact) mass is 212 g/mol. The fraction of sp³-hybridized carbons (Fsp3) is 0.846. The Hall–Kier alpha value is -0.0431. The zero-order valence-corrected chi connectivity index (χ0v) is 12.1. The predicted octanol–water partition coefficient (Wildman–Crippen LogP) is 5.24. The summed E-state index contributed by atoms with van der Waals surface area (Å²) in [6.07, 6.45) is 4.61. The first-order valence-electron chi connectivity index (χ1n) is 6.00. The van der Waals surface area contributed by atoms with Crippen LogP contribution in [0.3, 0.4) is 0 Å². The molecule has 0 atom stereocenters. The Bertz CT molecular complexity index is 156. The minimum Gasteiger partial charge on any atom is -0.0919 e. The SMILES string of the molecule is C/C=C/C[Si](C(C)C)(C(C)C)C(C)C. The maximum Gasteiger partial charge on any atom is 0.0650 e. The molecule has 0 aromatic heterocycles. The minimum absolute atomic E-state index is 0.888. The van der Waals surface area contributed by atoms with Crippen molar-refractivity contribution >= 4 is 8.07 Å². The average Bonchev–Trinajstić information content (AvgIpc) is 2.03. The van der Waals surface area contributed by atoms with Crippen LogP contribution in [-0.4, -0.2) is 8.07 Å². The molecule has 0 saturated heterocycles. The van der Waals surface area contributed by atoms with E-state index >= 15 is 0 Å². The van der Waals surface area contributed by atoms with Gasteiger partial charge in [-0.2, -0.15) is 0 Å². The summed E-state index contributed by atoms with van der Waals surface area (Å²) < 4.78 is 0. The number of hydrogen-bond acceptors (Lipinski definition) is 0. The molecule has 0 radical (unpaired) electrons. The average molecular weight is 212 g/mol. The lowest BCUT2D eigenvalue weighted by molar-refractivity contribution is 0.811. The molecule has 1 heteroatoms. The van der Waals surface area contributed by atoms with Crippen molar-refractivity contribution in [1.82, 2.24) is 0 Å². The van der Waals surface area contributed by atoms with Gasteiger partial charge in [-0.3, -0.25) is 0 Å². The third-order valence-corrected chi connectivity index (χ3v) is 11.3. The molecule has 0 aliphatic carbocycles. The largest absolute Gasteiger partial charge is 0.0919 e. The lowest BCUT2D eigenvalue weighted by Crippen LogP contribution is -2.43. The molecule has 0 N–H and O–H groups in total. The van der Waals surface area contributed by atoms with E-state index in [0.717, 1.165) is 16.6 Å². The van der Waals surface area contributed by atoms with Crippen molar-refractivity contribution in [1.29, 1.82) is 0 Å². The van der Waals surface area contributed by atoms with Crippen molar-refractivity contribution in [2.24, 2.45) is 0 Å². The first-order valence-corrected chi connectivity index (χ1v) is 8.44. The lowest BCUT2D eigenvalue weighted by Gasteiger charge is -2.42. The second-order valence-electron chi connectivity index (χ2n) is 5.35. The third kappa shape index (κ3) is 2.72. The van der Waals surface area contributed by atoms with E-state index in [0.29, 0.717) is 0 Å². The van der Waals surface area contributed by atoms with E-state index in [1.807, 2.05) is 0 Å². The van der Waals surface area contributed by atoms with Crippen LogP contribution in [0.15, 0.2) is 12.2 Å². The van der Waals surface area contributed by atoms with Gasteiger partial charge in [0.15, 0.2) is 0 Å². The molecule has 0 fully saturated rings. The number of allylic oxidation sites excluding steroid dienone is 2. The van der Waals surface area contributed by atoms with Crippen molar-refractivity contribution in [3.8, 4) is 0 Å². The van der Waals surface area contributed by atoms with Gasteiger partial charge < -0.3 is 0 Å². The summed E-state index contributed by atoms with van der Waals surface area (Å²) >= 11 is 0. The van der Waals surface area contributed by atoms with E-state index in [-0.39, 0.29) is 0 Å². The number of rotatable bonds is 5. The van der Waals surface area contributed by atoms with E-state index in [9.17, 15) is 0 Å². The smallest absolute Gasteiger partial charge is 0.0650 e. The molecule has 0 unspecified atom stereocenters. The van der Waals surface area contributed by atoms with Gasteiger partial charge in [0.2, 0.25) is 0 Å². The first kappa shape index (κ1) is 14.0. The summed E-state index contributed by atoms with van der Waals surface area (Å²) in [6, 6.07) is 1.36. The maximum absolute atomic E-state index is 2.43. The summed E-state index contributed by atoms with van der Waals surface area (Å²) in [7, 11) is -1.14. The van der Waals surface area contributed by atoms with Gasteiger partial charge >= 0.3 is 0 Å². The zero-order chi connectivity index (χ0) is 11.4. The van der Waals surface area contributed by atoms with Crippen LogP contribution >= 0.6 is 0 Å². The van der Waals surface area contributed by atoms with E-state index in [1.165, 1.54) is 6.04 Å². The Morgan fingerprint density at radius 2 is 1.21 bits per heavy atom. The van der Waals surface area contributed by atoms with Crippen LogP contribution in [0.5, 0.6) is 0 Å². The second-order valence-corrected chi connectivity index (χ2v) is 11.4. The number of hydrogen-bond donors (Lipinski definition) is 0. The molecule has 0 amide bonds. The van der Waals surface area contributed by atoms with Crippen LogP contribution in [0, 0.1) is 0 Å². The minimum atomic E-state index is -1.14. The van der Waals surface area contributed by atoms with Crippen molar-refractivity contribution < 1.29 is 0 Å². The topological polar surface area (TPSA) is 0 Å². The summed E-state index contributed by atoms with van der Waals surface area (Å²) in [4.78, 5) is 0. The van der Waals surface area contributed by atoms with Crippen LogP contribution in [-0.2, 0) is 0 Å². The molecule has 0 aromatic carbocycles. The molecule has 0 aromatic rings. The normalized spacial score (nSPS) is 13.9. The molecule has 0 saturated carbocycles. The summed E-state index contributed by atoms with van der Waals surface area (Å²) in [5, 5.41) is 0. The highest BCUT2D eigenvalue weighted by atomic mass is 28.3. The summed E-state index contributed by atoms with van der Waals surface area (Å²) in [5.41, 5.74) is 2.66. The van der Waals surface area contributed by atoms with E-state index in [4.69, 9.17) is 0 Å². The molecule has 0 heterocycles. The van der Waals surface area contributed by atoms with Gasteiger partial charge in [0.25, 0.3) is 0 Å². The Balaban J connectivity index is 4.94. The van der Waals surface area contributed by atoms with Gasteiger partial charge in [-0.15, -0.1) is 0 Å². The van der Waals surface area contributed by atoms with Crippen LogP contribution in [0.4, 0.5) is 0 Å². The molecule has 0 spiro atoms. The molecule has 0 nitrogen and oxygen atoms in total. The van der Waals surface area contributed by atoms with Crippen LogP contribution < -0.4 is 0 Å². The Kier molecular flexibility index (Phi) is 5.73. The van der Waals surface area contributed by atoms with E-state index in [2.05, 4.69) is 60.6 Å². The Morgan fingerprint density at radius 3 is 1.43 bits per heavy atom. The maximum atomic E-state index is 2.43. The van der Waals surface area contributed by atoms with Crippen molar-refractivity contribution in [2.75, 3.05) is 0 Å². The highest BCUT2D eigenvalue weighted by molar-refractivity contribution is 6.83. The highest BCUT2D eigenvalue weighted by Crippen LogP contribution is 2.44. The highest BCUT2D eigenvalue weighted by Gasteiger charge is 2.40. The third-order valence-electron chi connectivity index (χ3n) is 3.93. The van der Waals surface area contributed by atoms with Crippen molar-refractivity contribution in [3.63, 3.8) is 0 Å². The van der Waals surface area contributed by atoms with E-state index < -0.39 is 8.07 Å². The zero-order valence-electron chi connectivity index (χ0n) is 11.1. The first-order chi connectivity index (χ1) is 6.39. The molecular weight excluding hydrogens is 184 g/mol. The summed E-state index contributed by atoms with van der Waals surface area (Å²) in [5.74, 6) is 0. The van der Waals surface area contributed by atoms with Gasteiger partial charge in [-0.05, 0) is 13.0 Å². The standard InChI is InChI=1S/C13H28Si/c1-8-9-10-14(11(2)3,12(4)5)13(6)7/h8-9,11-13H,10H2,1-7H3/b9-8+. The molecule has 14 heavy (non-hydrogen) atoms. The van der Waals surface area contributed by atoms with Crippen LogP contribution in [0.2, 0.25) is 22.7 Å². The van der Waals surface area contributed by atoms with Crippen LogP contribution in [0.1, 0.15) is 48.5 Å². The molecule has 0 aliphatic heterocycles. The van der Waals surface area contributed by atoms with Crippen LogP contribution in [0.25, 0.3) is 0 Å². The molecule has 0 rings (SSSR count). The van der Waals surface area contributed by atoms with Gasteiger partial charge in [-0.25, -0.2) is 0 Å². The molecular formula is C13H28Si. The second kappa shape index (κ2) is 5.74. The fourth-order valence-electron chi connectivity index (χ4n) is 3.03. The van der Waals surface area contributed by atoms with Crippen molar-refractivity contribution in [3.05, 3.63) is 12.2 Å². The molecule has 0 aliphatic rings. The van der Waals surface area contributed by atoms with Gasteiger partial charge in [0, 0.05) is 0 Å². The fourth-order valence-corrected chi connectivity index (χ4v) is 9.09.